The van der Waals surface area contributed by atoms with E-state index in [0.29, 0.717) is 5.56 Å². The summed E-state index contributed by atoms with van der Waals surface area (Å²) in [5, 5.41) is 10.1. The zero-order valence-electron chi connectivity index (χ0n) is 8.54. The van der Waals surface area contributed by atoms with Gasteiger partial charge in [0.1, 0.15) is 0 Å². The monoisotopic (exact) mass is 233 g/mol. The summed E-state index contributed by atoms with van der Waals surface area (Å²) in [5.74, 6) is 0. The Hall–Kier alpha value is -1.59. The van der Waals surface area contributed by atoms with Crippen LogP contribution in [0, 0.1) is 17.0 Å². The van der Waals surface area contributed by atoms with E-state index in [1.165, 1.54) is 19.1 Å². The van der Waals surface area contributed by atoms with Crippen LogP contribution in [-0.4, -0.2) is 11.5 Å². The standard InChI is InChI=1S/C10H10F3NO2/c1-7-2-3-8(4-5-14(15)16)6-9(7)10(11,12)13/h2-3,6H,4-5H2,1H3. The van der Waals surface area contributed by atoms with Crippen LogP contribution in [0.15, 0.2) is 18.2 Å². The molecule has 1 aromatic carbocycles. The van der Waals surface area contributed by atoms with Crippen molar-refractivity contribution in [2.24, 2.45) is 0 Å². The maximum Gasteiger partial charge on any atom is 0.416 e. The van der Waals surface area contributed by atoms with E-state index in [0.717, 1.165) is 6.07 Å². The van der Waals surface area contributed by atoms with Gasteiger partial charge in [-0.1, -0.05) is 12.1 Å². The van der Waals surface area contributed by atoms with Gasteiger partial charge in [-0.15, -0.1) is 0 Å². The second-order valence-corrected chi connectivity index (χ2v) is 3.45. The van der Waals surface area contributed by atoms with E-state index in [-0.39, 0.29) is 18.5 Å². The molecule has 0 aliphatic carbocycles. The van der Waals surface area contributed by atoms with E-state index in [2.05, 4.69) is 0 Å². The lowest BCUT2D eigenvalue weighted by Crippen LogP contribution is -2.10. The van der Waals surface area contributed by atoms with Crippen molar-refractivity contribution in [1.82, 2.24) is 0 Å². The fraction of sp³-hybridized carbons (Fsp3) is 0.400. The van der Waals surface area contributed by atoms with Crippen LogP contribution in [0.4, 0.5) is 13.2 Å². The zero-order valence-corrected chi connectivity index (χ0v) is 8.54. The summed E-state index contributed by atoms with van der Waals surface area (Å²) >= 11 is 0. The van der Waals surface area contributed by atoms with Crippen molar-refractivity contribution in [3.63, 3.8) is 0 Å². The molecule has 0 unspecified atom stereocenters. The third kappa shape index (κ3) is 3.22. The minimum absolute atomic E-state index is 0.0103. The van der Waals surface area contributed by atoms with Crippen LogP contribution in [0.25, 0.3) is 0 Å². The average Bonchev–Trinajstić information content (AvgIpc) is 2.14. The van der Waals surface area contributed by atoms with Crippen molar-refractivity contribution < 1.29 is 18.1 Å². The molecule has 0 spiro atoms. The van der Waals surface area contributed by atoms with Gasteiger partial charge >= 0.3 is 6.18 Å². The topological polar surface area (TPSA) is 43.1 Å². The highest BCUT2D eigenvalue weighted by Gasteiger charge is 2.32. The second-order valence-electron chi connectivity index (χ2n) is 3.45. The average molecular weight is 233 g/mol. The number of hydrogen-bond acceptors (Lipinski definition) is 2. The Kier molecular flexibility index (Phi) is 3.51. The maximum atomic E-state index is 12.5. The first-order valence-corrected chi connectivity index (χ1v) is 4.59. The van der Waals surface area contributed by atoms with Gasteiger partial charge in [0.2, 0.25) is 6.54 Å². The summed E-state index contributed by atoms with van der Waals surface area (Å²) in [4.78, 5) is 9.56. The predicted molar refractivity (Wildman–Crippen MR) is 51.7 cm³/mol. The van der Waals surface area contributed by atoms with Crippen molar-refractivity contribution in [2.75, 3.05) is 6.54 Å². The molecule has 1 aromatic rings. The fourth-order valence-electron chi connectivity index (χ4n) is 1.35. The lowest BCUT2D eigenvalue weighted by molar-refractivity contribution is -0.479. The van der Waals surface area contributed by atoms with Crippen LogP contribution < -0.4 is 0 Å². The second kappa shape index (κ2) is 4.51. The van der Waals surface area contributed by atoms with Crippen LogP contribution in [0.1, 0.15) is 16.7 Å². The Bertz CT molecular complexity index is 402. The van der Waals surface area contributed by atoms with Gasteiger partial charge < -0.3 is 0 Å². The molecule has 0 aromatic heterocycles. The van der Waals surface area contributed by atoms with Crippen molar-refractivity contribution in [3.8, 4) is 0 Å². The number of nitro groups is 1. The maximum absolute atomic E-state index is 12.5. The molecule has 1 rings (SSSR count). The first-order chi connectivity index (χ1) is 7.30. The molecule has 0 saturated carbocycles. The highest BCUT2D eigenvalue weighted by atomic mass is 19.4. The molecule has 0 aliphatic rings. The first kappa shape index (κ1) is 12.5. The van der Waals surface area contributed by atoms with Crippen LogP contribution in [0.3, 0.4) is 0 Å². The van der Waals surface area contributed by atoms with Gasteiger partial charge in [0.15, 0.2) is 0 Å². The fourth-order valence-corrected chi connectivity index (χ4v) is 1.35. The number of hydrogen-bond donors (Lipinski definition) is 0. The summed E-state index contributed by atoms with van der Waals surface area (Å²) in [7, 11) is 0. The Labute approximate surface area is 90.0 Å². The van der Waals surface area contributed by atoms with E-state index >= 15 is 0 Å². The summed E-state index contributed by atoms with van der Waals surface area (Å²) in [5.41, 5.74) is -0.277. The summed E-state index contributed by atoms with van der Waals surface area (Å²) in [6.07, 6.45) is -4.40. The molecular formula is C10H10F3NO2. The molecule has 0 radical (unpaired) electrons. The number of benzene rings is 1. The van der Waals surface area contributed by atoms with Crippen molar-refractivity contribution >= 4 is 0 Å². The summed E-state index contributed by atoms with van der Waals surface area (Å²) in [6.45, 7) is 1.00. The molecule has 0 aliphatic heterocycles. The number of halogens is 3. The number of rotatable bonds is 3. The normalized spacial score (nSPS) is 11.5. The van der Waals surface area contributed by atoms with Crippen LogP contribution in [-0.2, 0) is 12.6 Å². The van der Waals surface area contributed by atoms with Crippen LogP contribution >= 0.6 is 0 Å². The van der Waals surface area contributed by atoms with Crippen molar-refractivity contribution in [3.05, 3.63) is 45.0 Å². The first-order valence-electron chi connectivity index (χ1n) is 4.59. The van der Waals surface area contributed by atoms with Crippen LogP contribution in [0.2, 0.25) is 0 Å². The highest BCUT2D eigenvalue weighted by molar-refractivity contribution is 5.33. The third-order valence-electron chi connectivity index (χ3n) is 2.19. The molecule has 0 N–H and O–H groups in total. The predicted octanol–water partition coefficient (Wildman–Crippen LogP) is 2.83. The minimum Gasteiger partial charge on any atom is -0.265 e. The van der Waals surface area contributed by atoms with Gasteiger partial charge in [-0.2, -0.15) is 13.2 Å². The van der Waals surface area contributed by atoms with Crippen molar-refractivity contribution in [1.29, 1.82) is 0 Å². The molecule has 16 heavy (non-hydrogen) atoms. The Morgan fingerprint density at radius 1 is 1.38 bits per heavy atom. The summed E-state index contributed by atoms with van der Waals surface area (Å²) < 4.78 is 37.5. The third-order valence-corrected chi connectivity index (χ3v) is 2.19. The quantitative estimate of drug-likeness (QED) is 0.595. The van der Waals surface area contributed by atoms with Gasteiger partial charge in [-0.25, -0.2) is 0 Å². The largest absolute Gasteiger partial charge is 0.416 e. The van der Waals surface area contributed by atoms with Gasteiger partial charge in [0, 0.05) is 11.3 Å². The van der Waals surface area contributed by atoms with Gasteiger partial charge in [-0.05, 0) is 24.1 Å². The number of aryl methyl sites for hydroxylation is 1. The molecule has 0 bridgehead atoms. The van der Waals surface area contributed by atoms with E-state index < -0.39 is 16.7 Å². The Morgan fingerprint density at radius 3 is 2.50 bits per heavy atom. The van der Waals surface area contributed by atoms with E-state index in [1.54, 1.807) is 0 Å². The summed E-state index contributed by atoms with van der Waals surface area (Å²) in [6, 6.07) is 3.78. The van der Waals surface area contributed by atoms with E-state index in [1.807, 2.05) is 0 Å². The molecule has 6 heteroatoms. The molecular weight excluding hydrogens is 223 g/mol. The molecule has 0 atom stereocenters. The van der Waals surface area contributed by atoms with Gasteiger partial charge in [-0.3, -0.25) is 10.1 Å². The molecule has 3 nitrogen and oxygen atoms in total. The van der Waals surface area contributed by atoms with E-state index in [9.17, 15) is 23.3 Å². The smallest absolute Gasteiger partial charge is 0.265 e. The highest BCUT2D eigenvalue weighted by Crippen LogP contribution is 2.32. The Morgan fingerprint density at radius 2 is 2.00 bits per heavy atom. The molecule has 0 heterocycles. The van der Waals surface area contributed by atoms with Crippen LogP contribution in [0.5, 0.6) is 0 Å². The van der Waals surface area contributed by atoms with Gasteiger partial charge in [0.25, 0.3) is 0 Å². The molecule has 0 amide bonds. The minimum atomic E-state index is -4.41. The molecule has 0 saturated heterocycles. The lowest BCUT2D eigenvalue weighted by Gasteiger charge is -2.11. The molecule has 88 valence electrons. The SMILES string of the molecule is Cc1ccc(CC[N+](=O)[O-])cc1C(F)(F)F. The molecule has 0 fully saturated rings. The zero-order chi connectivity index (χ0) is 12.3. The number of nitrogens with zero attached hydrogens (tertiary/aromatic N) is 1. The van der Waals surface area contributed by atoms with Gasteiger partial charge in [0.05, 0.1) is 5.56 Å². The number of alkyl halides is 3. The lowest BCUT2D eigenvalue weighted by atomic mass is 10.0. The van der Waals surface area contributed by atoms with Crippen molar-refractivity contribution in [2.45, 2.75) is 19.5 Å². The van der Waals surface area contributed by atoms with E-state index in [4.69, 9.17) is 0 Å². The Balaban J connectivity index is 2.94.